The zero-order valence-electron chi connectivity index (χ0n) is 9.21. The lowest BCUT2D eigenvalue weighted by Crippen LogP contribution is -2.13. The van der Waals surface area contributed by atoms with Crippen LogP contribution >= 0.6 is 23.1 Å². The molecule has 0 amide bonds. The molecule has 0 fully saturated rings. The van der Waals surface area contributed by atoms with Gasteiger partial charge < -0.3 is 5.73 Å². The Morgan fingerprint density at radius 3 is 2.72 bits per heavy atom. The number of hydrogen-bond donors (Lipinski definition) is 2. The van der Waals surface area contributed by atoms with Crippen molar-refractivity contribution >= 4 is 44.0 Å². The minimum absolute atomic E-state index is 0.0498. The molecule has 1 heterocycles. The first-order chi connectivity index (χ1) is 8.38. The summed E-state index contributed by atoms with van der Waals surface area (Å²) in [6, 6.07) is 4.18. The van der Waals surface area contributed by atoms with Gasteiger partial charge in [0.1, 0.15) is 10.7 Å². The number of sulfonamides is 1. The number of halogens is 1. The molecule has 0 aliphatic heterocycles. The van der Waals surface area contributed by atoms with E-state index in [1.165, 1.54) is 18.2 Å². The fourth-order valence-corrected chi connectivity index (χ4v) is 3.60. The normalized spacial score (nSPS) is 11.4. The summed E-state index contributed by atoms with van der Waals surface area (Å²) in [4.78, 5) is 3.87. The van der Waals surface area contributed by atoms with Gasteiger partial charge in [-0.25, -0.2) is 13.4 Å². The maximum Gasteiger partial charge on any atom is 0.265 e. The van der Waals surface area contributed by atoms with Gasteiger partial charge in [-0.15, -0.1) is 0 Å². The molecule has 18 heavy (non-hydrogen) atoms. The van der Waals surface area contributed by atoms with Crippen molar-refractivity contribution in [3.63, 3.8) is 0 Å². The average Bonchev–Trinajstić information content (AvgIpc) is 2.62. The van der Waals surface area contributed by atoms with E-state index in [4.69, 9.17) is 17.3 Å². The Balaban J connectivity index is 2.36. The monoisotopic (exact) mass is 304 g/mol. The minimum Gasteiger partial charge on any atom is -0.399 e. The molecule has 0 aliphatic rings. The van der Waals surface area contributed by atoms with E-state index < -0.39 is 10.0 Å². The number of nitrogens with zero attached hydrogens (tertiary/aromatic N) is 2. The smallest absolute Gasteiger partial charge is 0.265 e. The van der Waals surface area contributed by atoms with E-state index in [2.05, 4.69) is 14.1 Å². The summed E-state index contributed by atoms with van der Waals surface area (Å²) in [5.41, 5.74) is 5.90. The van der Waals surface area contributed by atoms with E-state index in [9.17, 15) is 8.42 Å². The van der Waals surface area contributed by atoms with Crippen molar-refractivity contribution in [2.45, 2.75) is 11.8 Å². The molecule has 0 bridgehead atoms. The van der Waals surface area contributed by atoms with E-state index in [0.717, 1.165) is 11.5 Å². The van der Waals surface area contributed by atoms with Crippen LogP contribution in [0.25, 0.3) is 0 Å². The van der Waals surface area contributed by atoms with Crippen molar-refractivity contribution in [3.05, 3.63) is 29.0 Å². The number of rotatable bonds is 3. The van der Waals surface area contributed by atoms with E-state index in [-0.39, 0.29) is 15.0 Å². The summed E-state index contributed by atoms with van der Waals surface area (Å²) in [7, 11) is -3.78. The van der Waals surface area contributed by atoms with Gasteiger partial charge in [-0.3, -0.25) is 4.72 Å². The zero-order valence-corrected chi connectivity index (χ0v) is 11.6. The molecule has 0 saturated carbocycles. The summed E-state index contributed by atoms with van der Waals surface area (Å²) < 4.78 is 30.3. The summed E-state index contributed by atoms with van der Waals surface area (Å²) in [6.45, 7) is 1.67. The Hall–Kier alpha value is -1.38. The molecule has 1 aromatic heterocycles. The molecular formula is C9H9ClN4O2S2. The third kappa shape index (κ3) is 2.71. The fourth-order valence-electron chi connectivity index (χ4n) is 1.24. The molecule has 0 unspecified atom stereocenters. The maximum absolute atomic E-state index is 12.0. The molecule has 0 radical (unpaired) electrons. The Bertz CT molecular complexity index is 684. The van der Waals surface area contributed by atoms with Gasteiger partial charge in [0.2, 0.25) is 5.13 Å². The van der Waals surface area contributed by atoms with E-state index >= 15 is 0 Å². The van der Waals surface area contributed by atoms with Crippen molar-refractivity contribution in [1.29, 1.82) is 0 Å². The van der Waals surface area contributed by atoms with Crippen LogP contribution < -0.4 is 10.5 Å². The molecular weight excluding hydrogens is 296 g/mol. The Kier molecular flexibility index (Phi) is 3.42. The summed E-state index contributed by atoms with van der Waals surface area (Å²) >= 11 is 6.81. The van der Waals surface area contributed by atoms with Gasteiger partial charge in [-0.1, -0.05) is 11.6 Å². The van der Waals surface area contributed by atoms with Crippen LogP contribution in [0.1, 0.15) is 5.82 Å². The van der Waals surface area contributed by atoms with Crippen LogP contribution in [0.3, 0.4) is 0 Å². The predicted molar refractivity (Wildman–Crippen MR) is 71.3 cm³/mol. The van der Waals surface area contributed by atoms with Crippen LogP contribution in [-0.4, -0.2) is 17.8 Å². The second-order valence-corrected chi connectivity index (χ2v) is 6.25. The largest absolute Gasteiger partial charge is 0.399 e. The number of benzene rings is 1. The molecule has 9 heteroatoms. The number of nitrogen functional groups attached to an aromatic ring is 1. The van der Waals surface area contributed by atoms with Crippen molar-refractivity contribution in [3.8, 4) is 0 Å². The molecule has 96 valence electrons. The molecule has 0 spiro atoms. The third-order valence-corrected chi connectivity index (χ3v) is 4.67. The predicted octanol–water partition coefficient (Wildman–Crippen LogP) is 1.88. The summed E-state index contributed by atoms with van der Waals surface area (Å²) in [6.07, 6.45) is 0. The minimum atomic E-state index is -3.78. The lowest BCUT2D eigenvalue weighted by Gasteiger charge is -2.07. The number of hydrogen-bond acceptors (Lipinski definition) is 6. The number of nitrogens with one attached hydrogen (secondary N) is 1. The number of anilines is 2. The van der Waals surface area contributed by atoms with E-state index in [0.29, 0.717) is 11.5 Å². The Labute approximate surface area is 113 Å². The van der Waals surface area contributed by atoms with Crippen molar-refractivity contribution < 1.29 is 8.42 Å². The molecule has 3 N–H and O–H groups in total. The van der Waals surface area contributed by atoms with Crippen molar-refractivity contribution in [1.82, 2.24) is 9.36 Å². The molecule has 0 saturated heterocycles. The standard InChI is InChI=1S/C9H9ClN4O2S2/c1-5-12-9(17-13-5)14-18(15,16)8-3-2-6(11)4-7(8)10/h2-4H,11H2,1H3,(H,12,13,14). The van der Waals surface area contributed by atoms with Crippen LogP contribution in [0, 0.1) is 6.92 Å². The number of aryl methyl sites for hydroxylation is 1. The second kappa shape index (κ2) is 4.71. The molecule has 2 aromatic rings. The highest BCUT2D eigenvalue weighted by atomic mass is 35.5. The topological polar surface area (TPSA) is 98.0 Å². The molecule has 6 nitrogen and oxygen atoms in total. The van der Waals surface area contributed by atoms with Crippen molar-refractivity contribution in [2.24, 2.45) is 0 Å². The first kappa shape index (κ1) is 13.1. The van der Waals surface area contributed by atoms with Gasteiger partial charge in [0.25, 0.3) is 10.0 Å². The third-order valence-electron chi connectivity index (χ3n) is 1.99. The fraction of sp³-hybridized carbons (Fsp3) is 0.111. The van der Waals surface area contributed by atoms with E-state index in [1.54, 1.807) is 6.92 Å². The van der Waals surface area contributed by atoms with E-state index in [1.807, 2.05) is 0 Å². The lowest BCUT2D eigenvalue weighted by atomic mass is 10.3. The Morgan fingerprint density at radius 2 is 2.17 bits per heavy atom. The maximum atomic E-state index is 12.0. The summed E-state index contributed by atoms with van der Waals surface area (Å²) in [5, 5.41) is 0.254. The first-order valence-corrected chi connectivity index (χ1v) is 7.40. The van der Waals surface area contributed by atoms with Crippen LogP contribution in [0.2, 0.25) is 5.02 Å². The van der Waals surface area contributed by atoms with Gasteiger partial charge in [-0.05, 0) is 25.1 Å². The van der Waals surface area contributed by atoms with Gasteiger partial charge in [-0.2, -0.15) is 4.37 Å². The SMILES string of the molecule is Cc1nsc(NS(=O)(=O)c2ccc(N)cc2Cl)n1. The summed E-state index contributed by atoms with van der Waals surface area (Å²) in [5.74, 6) is 0.501. The van der Waals surface area contributed by atoms with Gasteiger partial charge >= 0.3 is 0 Å². The van der Waals surface area contributed by atoms with Gasteiger partial charge in [0.15, 0.2) is 0 Å². The molecule has 0 atom stereocenters. The number of nitrogens with two attached hydrogens (primary N) is 1. The quantitative estimate of drug-likeness (QED) is 0.844. The van der Waals surface area contributed by atoms with Crippen LogP contribution in [-0.2, 0) is 10.0 Å². The molecule has 0 aliphatic carbocycles. The van der Waals surface area contributed by atoms with Gasteiger partial charge in [0, 0.05) is 17.2 Å². The second-order valence-electron chi connectivity index (χ2n) is 3.44. The first-order valence-electron chi connectivity index (χ1n) is 4.76. The Morgan fingerprint density at radius 1 is 1.44 bits per heavy atom. The molecule has 1 aromatic carbocycles. The lowest BCUT2D eigenvalue weighted by molar-refractivity contribution is 0.601. The molecule has 2 rings (SSSR count). The zero-order chi connectivity index (χ0) is 13.3. The van der Waals surface area contributed by atoms with Crippen LogP contribution in [0.4, 0.5) is 10.8 Å². The van der Waals surface area contributed by atoms with Gasteiger partial charge in [0.05, 0.1) is 5.02 Å². The van der Waals surface area contributed by atoms with Crippen molar-refractivity contribution in [2.75, 3.05) is 10.5 Å². The highest BCUT2D eigenvalue weighted by Crippen LogP contribution is 2.26. The van der Waals surface area contributed by atoms with Crippen LogP contribution in [0.15, 0.2) is 23.1 Å². The highest BCUT2D eigenvalue weighted by Gasteiger charge is 2.19. The number of aromatic nitrogens is 2. The van der Waals surface area contributed by atoms with Crippen LogP contribution in [0.5, 0.6) is 0 Å². The average molecular weight is 305 g/mol. The highest BCUT2D eigenvalue weighted by molar-refractivity contribution is 7.93.